The fourth-order valence-corrected chi connectivity index (χ4v) is 9.73. The van der Waals surface area contributed by atoms with Gasteiger partial charge in [0.25, 0.3) is 10.0 Å². The van der Waals surface area contributed by atoms with Crippen molar-refractivity contribution in [1.29, 1.82) is 5.26 Å². The number of rotatable bonds is 8. The summed E-state index contributed by atoms with van der Waals surface area (Å²) in [5, 5.41) is 29.1. The first-order valence-corrected chi connectivity index (χ1v) is 19.6. The number of aromatic nitrogens is 5. The van der Waals surface area contributed by atoms with Crippen LogP contribution in [0.25, 0.3) is 33.4 Å². The molecule has 2 atom stereocenters. The second-order valence-corrected chi connectivity index (χ2v) is 16.3. The monoisotopic (exact) mass is 743 g/mol. The lowest BCUT2D eigenvalue weighted by molar-refractivity contribution is -0.00921. The summed E-state index contributed by atoms with van der Waals surface area (Å²) in [6.45, 7) is 5.62. The molecule has 4 saturated heterocycles. The van der Waals surface area contributed by atoms with E-state index in [0.717, 1.165) is 56.8 Å². The van der Waals surface area contributed by atoms with Crippen molar-refractivity contribution in [3.8, 4) is 34.2 Å². The van der Waals surface area contributed by atoms with E-state index in [1.807, 2.05) is 29.9 Å². The minimum atomic E-state index is -4.14. The van der Waals surface area contributed by atoms with Crippen LogP contribution in [0.3, 0.4) is 0 Å². The number of nitrogens with zero attached hydrogens (tertiary/aromatic N) is 8. The number of halogens is 1. The van der Waals surface area contributed by atoms with Crippen LogP contribution in [-0.2, 0) is 16.6 Å². The van der Waals surface area contributed by atoms with Crippen LogP contribution >= 0.6 is 0 Å². The van der Waals surface area contributed by atoms with Gasteiger partial charge in [0.05, 0.1) is 28.4 Å². The first-order chi connectivity index (χ1) is 26.2. The summed E-state index contributed by atoms with van der Waals surface area (Å²) < 4.78 is 46.1. The third kappa shape index (κ3) is 5.89. The number of fused-ring (bicyclic) bond motifs is 3. The van der Waals surface area contributed by atoms with Crippen molar-refractivity contribution in [3.05, 3.63) is 108 Å². The number of phenols is 1. The zero-order chi connectivity index (χ0) is 37.1. The Bertz CT molecular complexity index is 2530. The largest absolute Gasteiger partial charge is 0.508 e. The van der Waals surface area contributed by atoms with Crippen LogP contribution in [0.5, 0.6) is 5.75 Å². The lowest BCUT2D eigenvalue weighted by Gasteiger charge is -2.56. The predicted molar refractivity (Wildman–Crippen MR) is 202 cm³/mol. The Hall–Kier alpha value is -5.62. The number of hydrogen-bond acceptors (Lipinski definition) is 10. The summed E-state index contributed by atoms with van der Waals surface area (Å²) in [6, 6.07) is 19.4. The number of aromatic hydroxyl groups is 1. The number of nitriles is 1. The van der Waals surface area contributed by atoms with E-state index in [1.165, 1.54) is 28.4 Å². The van der Waals surface area contributed by atoms with Gasteiger partial charge in [-0.2, -0.15) is 10.4 Å². The molecular weight excluding hydrogens is 706 g/mol. The number of hydrogen-bond donors (Lipinski definition) is 2. The molecule has 0 saturated carbocycles. The summed E-state index contributed by atoms with van der Waals surface area (Å²) in [4.78, 5) is 14.1. The molecule has 4 aliphatic rings. The number of aryl methyl sites for hydroxylation is 1. The third-order valence-electron chi connectivity index (χ3n) is 11.1. The number of anilines is 1. The van der Waals surface area contributed by atoms with E-state index in [-0.39, 0.29) is 40.2 Å². The van der Waals surface area contributed by atoms with Gasteiger partial charge in [-0.05, 0) is 87.8 Å². The average Bonchev–Trinajstić information content (AvgIpc) is 3.85. The smallest absolute Gasteiger partial charge is 0.269 e. The second-order valence-electron chi connectivity index (χ2n) is 14.5. The Kier molecular flexibility index (Phi) is 8.45. The first-order valence-electron chi connectivity index (χ1n) is 18.1. The normalized spacial score (nSPS) is 19.2. The number of benzene rings is 2. The minimum absolute atomic E-state index is 0.0972. The molecular formula is C40H38FN9O3S. The Labute approximate surface area is 312 Å². The molecule has 10 rings (SSSR count). The van der Waals surface area contributed by atoms with E-state index in [9.17, 15) is 23.2 Å². The Morgan fingerprint density at radius 2 is 1.72 bits per heavy atom. The highest BCUT2D eigenvalue weighted by atomic mass is 32.2. The van der Waals surface area contributed by atoms with Gasteiger partial charge in [-0.15, -0.1) is 0 Å². The van der Waals surface area contributed by atoms with E-state index in [0.29, 0.717) is 45.4 Å². The Morgan fingerprint density at radius 1 is 0.944 bits per heavy atom. The molecule has 0 radical (unpaired) electrons. The predicted octanol–water partition coefficient (Wildman–Crippen LogP) is 5.61. The molecule has 2 aromatic carbocycles. The first kappa shape index (κ1) is 34.2. The zero-order valence-electron chi connectivity index (χ0n) is 29.6. The number of piperidine rings is 2. The molecule has 4 aliphatic heterocycles. The van der Waals surface area contributed by atoms with Crippen LogP contribution in [0.1, 0.15) is 42.0 Å². The van der Waals surface area contributed by atoms with Crippen molar-refractivity contribution in [1.82, 2.24) is 33.9 Å². The van der Waals surface area contributed by atoms with Crippen molar-refractivity contribution in [2.24, 2.45) is 0 Å². The molecule has 2 bridgehead atoms. The second kappa shape index (κ2) is 13.3. The van der Waals surface area contributed by atoms with Crippen LogP contribution < -0.4 is 10.2 Å². The van der Waals surface area contributed by atoms with Crippen LogP contribution in [0.4, 0.5) is 10.2 Å². The third-order valence-corrected chi connectivity index (χ3v) is 12.9. The lowest BCUT2D eigenvalue weighted by atomic mass is 9.86. The number of piperazine rings is 1. The number of phenolic OH excluding ortho intramolecular Hbond substituents is 1. The van der Waals surface area contributed by atoms with Gasteiger partial charge in [0, 0.05) is 77.9 Å². The summed E-state index contributed by atoms with van der Waals surface area (Å²) in [6.07, 6.45) is 9.62. The quantitative estimate of drug-likeness (QED) is 0.202. The molecule has 274 valence electrons. The van der Waals surface area contributed by atoms with Crippen LogP contribution in [0.2, 0.25) is 0 Å². The van der Waals surface area contributed by atoms with Gasteiger partial charge in [0.15, 0.2) is 5.65 Å². The summed E-state index contributed by atoms with van der Waals surface area (Å²) in [5.74, 6) is 0.519. The molecule has 4 fully saturated rings. The van der Waals surface area contributed by atoms with E-state index in [1.54, 1.807) is 42.7 Å². The van der Waals surface area contributed by atoms with Gasteiger partial charge in [-0.3, -0.25) is 9.58 Å². The molecule has 0 spiro atoms. The SMILES string of the molecule is Cc1ccc(S(=O)(=O)n2c(-c3cnn(C4CCNCC4)c3)cc3c(-c4ccc(N5CC6CC(C5)N6Cc5cc(F)ccc5O)nc4)c(C#N)cnc32)cc1. The summed E-state index contributed by atoms with van der Waals surface area (Å²) >= 11 is 0. The Morgan fingerprint density at radius 3 is 2.44 bits per heavy atom. The van der Waals surface area contributed by atoms with Crippen molar-refractivity contribution in [2.45, 2.75) is 55.8 Å². The van der Waals surface area contributed by atoms with E-state index in [4.69, 9.17) is 4.98 Å². The van der Waals surface area contributed by atoms with E-state index < -0.39 is 10.0 Å². The molecule has 12 nitrogen and oxygen atoms in total. The summed E-state index contributed by atoms with van der Waals surface area (Å²) in [5.41, 5.74) is 4.27. The van der Waals surface area contributed by atoms with Crippen LogP contribution in [0.15, 0.2) is 90.3 Å². The van der Waals surface area contributed by atoms with Gasteiger partial charge in [-0.1, -0.05) is 17.7 Å². The standard InChI is InChI=1S/C40H38FN9O3S/c1-25-2-6-34(7-3-25)54(52,53)50-36(29-20-46-49(22-29)31-10-12-43-13-11-31)16-35-39(28(17-42)19-45-40(35)50)26-4-9-38(44-18-26)47-23-32-15-33(24-47)48(32)21-27-14-30(41)5-8-37(27)51/h2-9,14,16,18-20,22,31-33,43,51H,10-13,15,21,23-24H2,1H3. The molecule has 2 unspecified atom stereocenters. The fourth-order valence-electron chi connectivity index (χ4n) is 8.25. The molecule has 54 heavy (non-hydrogen) atoms. The highest BCUT2D eigenvalue weighted by molar-refractivity contribution is 7.90. The van der Waals surface area contributed by atoms with Crippen molar-refractivity contribution in [2.75, 3.05) is 31.1 Å². The van der Waals surface area contributed by atoms with E-state index >= 15 is 0 Å². The molecule has 6 aromatic rings. The zero-order valence-corrected chi connectivity index (χ0v) is 30.4. The Balaban J connectivity index is 1.07. The van der Waals surface area contributed by atoms with Crippen molar-refractivity contribution in [3.63, 3.8) is 0 Å². The van der Waals surface area contributed by atoms with Gasteiger partial charge in [0.2, 0.25) is 0 Å². The highest BCUT2D eigenvalue weighted by Crippen LogP contribution is 2.40. The molecule has 2 N–H and O–H groups in total. The van der Waals surface area contributed by atoms with Gasteiger partial charge in [0.1, 0.15) is 23.5 Å². The lowest BCUT2D eigenvalue weighted by Crippen LogP contribution is -2.68. The topological polar surface area (TPSA) is 145 Å². The van der Waals surface area contributed by atoms with Crippen molar-refractivity contribution < 1.29 is 17.9 Å². The fraction of sp³-hybridized carbons (Fsp3) is 0.300. The maximum absolute atomic E-state index is 14.5. The maximum Gasteiger partial charge on any atom is 0.269 e. The van der Waals surface area contributed by atoms with Gasteiger partial charge < -0.3 is 15.3 Å². The molecule has 0 aliphatic carbocycles. The molecule has 14 heteroatoms. The van der Waals surface area contributed by atoms with Crippen LogP contribution in [0, 0.1) is 24.1 Å². The van der Waals surface area contributed by atoms with Gasteiger partial charge in [-0.25, -0.2) is 26.7 Å². The van der Waals surface area contributed by atoms with Crippen LogP contribution in [-0.4, -0.2) is 80.4 Å². The highest BCUT2D eigenvalue weighted by Gasteiger charge is 2.45. The van der Waals surface area contributed by atoms with Crippen molar-refractivity contribution >= 4 is 26.9 Å². The molecule has 8 heterocycles. The number of nitrogens with one attached hydrogen (secondary N) is 1. The van der Waals surface area contributed by atoms with Gasteiger partial charge >= 0.3 is 0 Å². The minimum Gasteiger partial charge on any atom is -0.508 e. The molecule has 0 amide bonds. The maximum atomic E-state index is 14.5. The summed E-state index contributed by atoms with van der Waals surface area (Å²) in [7, 11) is -4.14. The average molecular weight is 744 g/mol. The van der Waals surface area contributed by atoms with E-state index in [2.05, 4.69) is 31.3 Å². The number of pyridine rings is 2. The molecule has 4 aromatic heterocycles.